The van der Waals surface area contributed by atoms with Crippen molar-refractivity contribution in [2.45, 2.75) is 6.82 Å². The van der Waals surface area contributed by atoms with Crippen LogP contribution in [0.2, 0.25) is 11.8 Å². The van der Waals surface area contributed by atoms with Gasteiger partial charge in [0.05, 0.1) is 4.92 Å². The fraction of sp³-hybridized carbons (Fsp3) is 0.143. The molecule has 0 aliphatic rings. The van der Waals surface area contributed by atoms with Crippen molar-refractivity contribution in [2.75, 3.05) is 5.73 Å². The van der Waals surface area contributed by atoms with Crippen LogP contribution >= 0.6 is 11.6 Å². The minimum Gasteiger partial charge on any atom is -0.394 e. The van der Waals surface area contributed by atoms with Crippen molar-refractivity contribution in [3.05, 3.63) is 27.3 Å². The van der Waals surface area contributed by atoms with Crippen molar-refractivity contribution in [3.8, 4) is 0 Å². The standard InChI is InChI=1S/C7H7BClN2O2/c1-8-5-2-4(9)3-6(7(5)10)11(12)13/h2-3H,10H2,1H3. The molecule has 1 radical (unpaired) electrons. The Bertz CT molecular complexity index is 357. The molecule has 0 spiro atoms. The molecule has 0 fully saturated rings. The summed E-state index contributed by atoms with van der Waals surface area (Å²) in [5.74, 6) is 0. The molecule has 1 aromatic carbocycles. The van der Waals surface area contributed by atoms with Gasteiger partial charge in [-0.3, -0.25) is 10.1 Å². The zero-order valence-electron chi connectivity index (χ0n) is 6.95. The van der Waals surface area contributed by atoms with Crippen LogP contribution < -0.4 is 11.2 Å². The van der Waals surface area contributed by atoms with Crippen molar-refractivity contribution in [3.63, 3.8) is 0 Å². The highest BCUT2D eigenvalue weighted by molar-refractivity contribution is 6.55. The summed E-state index contributed by atoms with van der Waals surface area (Å²) < 4.78 is 0. The Labute approximate surface area is 81.1 Å². The van der Waals surface area contributed by atoms with Crippen LogP contribution in [-0.2, 0) is 0 Å². The molecular formula is C7H7BClN2O2. The van der Waals surface area contributed by atoms with E-state index in [4.69, 9.17) is 17.3 Å². The quantitative estimate of drug-likeness (QED) is 0.335. The van der Waals surface area contributed by atoms with Crippen LogP contribution in [0.5, 0.6) is 0 Å². The molecule has 0 atom stereocenters. The van der Waals surface area contributed by atoms with E-state index in [0.29, 0.717) is 10.5 Å². The van der Waals surface area contributed by atoms with Gasteiger partial charge < -0.3 is 5.73 Å². The van der Waals surface area contributed by atoms with Crippen LogP contribution in [0.3, 0.4) is 0 Å². The number of nitrogens with two attached hydrogens (primary N) is 1. The second-order valence-corrected chi connectivity index (χ2v) is 2.91. The molecule has 1 aromatic rings. The molecule has 6 heteroatoms. The third-order valence-corrected chi connectivity index (χ3v) is 1.88. The first-order valence-electron chi connectivity index (χ1n) is 3.59. The van der Waals surface area contributed by atoms with Crippen LogP contribution in [0.1, 0.15) is 0 Å². The highest BCUT2D eigenvalue weighted by Gasteiger charge is 2.15. The summed E-state index contributed by atoms with van der Waals surface area (Å²) in [6.07, 6.45) is 0. The zero-order valence-corrected chi connectivity index (χ0v) is 7.71. The van der Waals surface area contributed by atoms with Gasteiger partial charge in [0, 0.05) is 11.1 Å². The minimum atomic E-state index is -0.547. The molecule has 0 heterocycles. The molecule has 0 aromatic heterocycles. The van der Waals surface area contributed by atoms with Crippen molar-refractivity contribution in [1.29, 1.82) is 0 Å². The van der Waals surface area contributed by atoms with E-state index in [1.165, 1.54) is 6.07 Å². The Morgan fingerprint density at radius 3 is 2.69 bits per heavy atom. The maximum absolute atomic E-state index is 10.5. The molecule has 0 aliphatic carbocycles. The van der Waals surface area contributed by atoms with E-state index in [9.17, 15) is 10.1 Å². The molecule has 0 saturated heterocycles. The third kappa shape index (κ3) is 1.92. The van der Waals surface area contributed by atoms with Gasteiger partial charge in [0.2, 0.25) is 0 Å². The van der Waals surface area contributed by atoms with Crippen LogP contribution in [0.4, 0.5) is 11.4 Å². The predicted molar refractivity (Wildman–Crippen MR) is 53.8 cm³/mol. The summed E-state index contributed by atoms with van der Waals surface area (Å²) in [5, 5.41) is 10.8. The Morgan fingerprint density at radius 2 is 2.23 bits per heavy atom. The predicted octanol–water partition coefficient (Wildman–Crippen LogP) is 1.21. The molecule has 0 amide bonds. The van der Waals surface area contributed by atoms with Gasteiger partial charge in [0.25, 0.3) is 5.69 Å². The van der Waals surface area contributed by atoms with E-state index in [-0.39, 0.29) is 11.4 Å². The lowest BCUT2D eigenvalue weighted by molar-refractivity contribution is -0.383. The first-order chi connectivity index (χ1) is 6.06. The molecule has 1 rings (SSSR count). The van der Waals surface area contributed by atoms with E-state index in [1.807, 2.05) is 0 Å². The smallest absolute Gasteiger partial charge is 0.293 e. The van der Waals surface area contributed by atoms with E-state index < -0.39 is 4.92 Å². The van der Waals surface area contributed by atoms with Gasteiger partial charge >= 0.3 is 0 Å². The summed E-state index contributed by atoms with van der Waals surface area (Å²) in [6.45, 7) is 1.74. The Balaban J connectivity index is 3.35. The lowest BCUT2D eigenvalue weighted by Gasteiger charge is -2.03. The lowest BCUT2D eigenvalue weighted by atomic mass is 9.72. The van der Waals surface area contributed by atoms with Crippen LogP contribution in [0, 0.1) is 10.1 Å². The summed E-state index contributed by atoms with van der Waals surface area (Å²) >= 11 is 5.66. The fourth-order valence-electron chi connectivity index (χ4n) is 1.01. The van der Waals surface area contributed by atoms with Gasteiger partial charge in [0.1, 0.15) is 5.69 Å². The molecule has 4 nitrogen and oxygen atoms in total. The molecule has 0 bridgehead atoms. The maximum atomic E-state index is 10.5. The molecule has 2 N–H and O–H groups in total. The van der Waals surface area contributed by atoms with Gasteiger partial charge in [-0.1, -0.05) is 23.9 Å². The number of anilines is 1. The van der Waals surface area contributed by atoms with E-state index in [2.05, 4.69) is 0 Å². The molecule has 67 valence electrons. The first kappa shape index (κ1) is 9.86. The average Bonchev–Trinajstić information content (AvgIpc) is 2.08. The first-order valence-corrected chi connectivity index (χ1v) is 3.97. The Hall–Kier alpha value is -1.23. The van der Waals surface area contributed by atoms with Crippen molar-refractivity contribution < 1.29 is 4.92 Å². The van der Waals surface area contributed by atoms with Crippen molar-refractivity contribution in [2.24, 2.45) is 0 Å². The summed E-state index contributed by atoms with van der Waals surface area (Å²) in [7, 11) is 1.67. The minimum absolute atomic E-state index is 0.150. The summed E-state index contributed by atoms with van der Waals surface area (Å²) in [5.41, 5.74) is 6.11. The van der Waals surface area contributed by atoms with Crippen LogP contribution in [-0.4, -0.2) is 12.2 Å². The highest BCUT2D eigenvalue weighted by atomic mass is 35.5. The monoisotopic (exact) mass is 197 g/mol. The Morgan fingerprint density at radius 1 is 1.62 bits per heavy atom. The molecule has 0 unspecified atom stereocenters. The number of hydrogen-bond donors (Lipinski definition) is 1. The number of nitrogen functional groups attached to an aromatic ring is 1. The summed E-state index contributed by atoms with van der Waals surface area (Å²) in [6, 6.07) is 2.83. The number of nitrogens with zero attached hydrogens (tertiary/aromatic N) is 1. The van der Waals surface area contributed by atoms with Gasteiger partial charge in [-0.25, -0.2) is 0 Å². The number of nitro benzene ring substituents is 1. The SMILES string of the molecule is C[B]c1cc(Cl)cc([N+](=O)[O-])c1N. The maximum Gasteiger partial charge on any atom is 0.293 e. The fourth-order valence-corrected chi connectivity index (χ4v) is 1.24. The third-order valence-electron chi connectivity index (χ3n) is 1.66. The Kier molecular flexibility index (Phi) is 2.77. The van der Waals surface area contributed by atoms with Crippen molar-refractivity contribution >= 4 is 35.7 Å². The van der Waals surface area contributed by atoms with Crippen LogP contribution in [0.25, 0.3) is 0 Å². The second kappa shape index (κ2) is 3.66. The zero-order chi connectivity index (χ0) is 10.0. The molecule has 0 aliphatic heterocycles. The lowest BCUT2D eigenvalue weighted by Crippen LogP contribution is -2.17. The second-order valence-electron chi connectivity index (χ2n) is 2.47. The van der Waals surface area contributed by atoms with Gasteiger partial charge in [-0.15, -0.1) is 0 Å². The molecular weight excluding hydrogens is 190 g/mol. The number of hydrogen-bond acceptors (Lipinski definition) is 3. The number of halogens is 1. The molecule has 0 saturated carbocycles. The van der Waals surface area contributed by atoms with Gasteiger partial charge in [-0.05, 0) is 6.07 Å². The molecule has 13 heavy (non-hydrogen) atoms. The van der Waals surface area contributed by atoms with Crippen LogP contribution in [0.15, 0.2) is 12.1 Å². The summed E-state index contributed by atoms with van der Waals surface area (Å²) in [4.78, 5) is 9.95. The van der Waals surface area contributed by atoms with E-state index >= 15 is 0 Å². The van der Waals surface area contributed by atoms with E-state index in [0.717, 1.165) is 0 Å². The topological polar surface area (TPSA) is 69.2 Å². The number of rotatable bonds is 2. The van der Waals surface area contributed by atoms with Crippen molar-refractivity contribution in [1.82, 2.24) is 0 Å². The largest absolute Gasteiger partial charge is 0.394 e. The van der Waals surface area contributed by atoms with Gasteiger partial charge in [0.15, 0.2) is 7.28 Å². The highest BCUT2D eigenvalue weighted by Crippen LogP contribution is 2.22. The number of nitro groups is 1. The van der Waals surface area contributed by atoms with E-state index in [1.54, 1.807) is 20.2 Å². The normalized spacial score (nSPS) is 9.69. The number of benzene rings is 1. The average molecular weight is 197 g/mol. The van der Waals surface area contributed by atoms with Gasteiger partial charge in [-0.2, -0.15) is 0 Å².